The minimum absolute atomic E-state index is 0.242. The average molecular weight is 451 g/mol. The van der Waals surface area contributed by atoms with Crippen LogP contribution in [0.3, 0.4) is 0 Å². The Labute approximate surface area is 191 Å². The molecule has 0 aliphatic carbocycles. The van der Waals surface area contributed by atoms with Gasteiger partial charge in [-0.1, -0.05) is 59.6 Å². The number of halogens is 2. The Bertz CT molecular complexity index is 1130. The Kier molecular flexibility index (Phi) is 5.86. The van der Waals surface area contributed by atoms with E-state index in [1.807, 2.05) is 36.4 Å². The predicted molar refractivity (Wildman–Crippen MR) is 125 cm³/mol. The summed E-state index contributed by atoms with van der Waals surface area (Å²) in [6, 6.07) is 23.2. The Morgan fingerprint density at radius 2 is 1.48 bits per heavy atom. The van der Waals surface area contributed by atoms with Crippen molar-refractivity contribution in [2.24, 2.45) is 0 Å². The van der Waals surface area contributed by atoms with Crippen molar-refractivity contribution in [2.75, 3.05) is 4.90 Å². The van der Waals surface area contributed by atoms with Crippen molar-refractivity contribution in [1.29, 1.82) is 0 Å². The summed E-state index contributed by atoms with van der Waals surface area (Å²) < 4.78 is 0. The molecule has 3 aromatic carbocycles. The van der Waals surface area contributed by atoms with E-state index in [2.05, 4.69) is 5.32 Å². The van der Waals surface area contributed by atoms with Crippen LogP contribution in [0.4, 0.5) is 5.69 Å². The predicted octanol–water partition coefficient (Wildman–Crippen LogP) is 5.83. The molecule has 2 atom stereocenters. The first-order valence-electron chi connectivity index (χ1n) is 9.79. The smallest absolute Gasteiger partial charge is 0.257 e. The number of nitrogens with zero attached hydrogens (tertiary/aromatic N) is 1. The number of carbonyl (C=O) groups excluding carboxylic acids is 2. The number of rotatable bonds is 4. The van der Waals surface area contributed by atoms with Crippen LogP contribution in [0.25, 0.3) is 0 Å². The highest BCUT2D eigenvalue weighted by Crippen LogP contribution is 2.37. The van der Waals surface area contributed by atoms with E-state index in [9.17, 15) is 9.59 Å². The van der Waals surface area contributed by atoms with Gasteiger partial charge in [-0.05, 0) is 61.0 Å². The van der Waals surface area contributed by atoms with Gasteiger partial charge in [0.1, 0.15) is 5.54 Å². The maximum Gasteiger partial charge on any atom is 0.257 e. The molecular weight excluding hydrogens is 431 g/mol. The van der Waals surface area contributed by atoms with Crippen molar-refractivity contribution in [3.63, 3.8) is 0 Å². The molecule has 3 aromatic rings. The van der Waals surface area contributed by atoms with Gasteiger partial charge in [-0.25, -0.2) is 0 Å². The standard InChI is InChI=1S/C25H20Cl2N2O2/c1-25(28-23(30)18-7-9-19(26)10-8-18)22(17-5-3-2-4-6-17)15-16-29(24(25)31)21-13-11-20(27)12-14-21/h2-16,22H,1H3,(H,28,30). The van der Waals surface area contributed by atoms with Crippen molar-refractivity contribution in [3.05, 3.63) is 112 Å². The van der Waals surface area contributed by atoms with Gasteiger partial charge in [-0.2, -0.15) is 0 Å². The molecule has 0 fully saturated rings. The quantitative estimate of drug-likeness (QED) is 0.543. The van der Waals surface area contributed by atoms with Crippen LogP contribution in [-0.4, -0.2) is 17.4 Å². The number of nitrogens with one attached hydrogen (secondary N) is 1. The summed E-state index contributed by atoms with van der Waals surface area (Å²) in [5, 5.41) is 4.11. The lowest BCUT2D eigenvalue weighted by Gasteiger charge is -2.42. The maximum atomic E-state index is 13.7. The van der Waals surface area contributed by atoms with E-state index in [0.29, 0.717) is 21.3 Å². The number of carbonyl (C=O) groups is 2. The third kappa shape index (κ3) is 4.22. The second-order valence-electron chi connectivity index (χ2n) is 7.54. The molecule has 2 unspecified atom stereocenters. The molecule has 1 N–H and O–H groups in total. The Morgan fingerprint density at radius 1 is 0.903 bits per heavy atom. The van der Waals surface area contributed by atoms with Gasteiger partial charge in [0.15, 0.2) is 0 Å². The highest BCUT2D eigenvalue weighted by molar-refractivity contribution is 6.31. The Balaban J connectivity index is 1.74. The summed E-state index contributed by atoms with van der Waals surface area (Å²) >= 11 is 12.0. The van der Waals surface area contributed by atoms with E-state index >= 15 is 0 Å². The number of anilines is 1. The lowest BCUT2D eigenvalue weighted by atomic mass is 9.77. The first-order valence-corrected chi connectivity index (χ1v) is 10.5. The van der Waals surface area contributed by atoms with Gasteiger partial charge in [0.25, 0.3) is 11.8 Å². The van der Waals surface area contributed by atoms with Crippen molar-refractivity contribution in [1.82, 2.24) is 5.32 Å². The molecule has 1 aliphatic heterocycles. The SMILES string of the molecule is CC1(NC(=O)c2ccc(Cl)cc2)C(=O)N(c2ccc(Cl)cc2)C=CC1c1ccccc1. The third-order valence-electron chi connectivity index (χ3n) is 5.46. The first kappa shape index (κ1) is 21.2. The van der Waals surface area contributed by atoms with Gasteiger partial charge in [0.05, 0.1) is 0 Å². The van der Waals surface area contributed by atoms with Crippen LogP contribution in [0.1, 0.15) is 28.8 Å². The monoisotopic (exact) mass is 450 g/mol. The molecule has 0 saturated heterocycles. The lowest BCUT2D eigenvalue weighted by Crippen LogP contribution is -2.61. The van der Waals surface area contributed by atoms with Gasteiger partial charge in [-0.15, -0.1) is 0 Å². The summed E-state index contributed by atoms with van der Waals surface area (Å²) in [6.07, 6.45) is 3.69. The second-order valence-corrected chi connectivity index (χ2v) is 8.42. The van der Waals surface area contributed by atoms with Crippen molar-refractivity contribution < 1.29 is 9.59 Å². The molecule has 0 spiro atoms. The van der Waals surface area contributed by atoms with E-state index in [0.717, 1.165) is 5.56 Å². The largest absolute Gasteiger partial charge is 0.337 e. The molecule has 6 heteroatoms. The van der Waals surface area contributed by atoms with E-state index in [4.69, 9.17) is 23.2 Å². The summed E-state index contributed by atoms with van der Waals surface area (Å²) in [6.45, 7) is 1.76. The molecule has 4 nitrogen and oxygen atoms in total. The molecule has 2 amide bonds. The van der Waals surface area contributed by atoms with Crippen molar-refractivity contribution in [3.8, 4) is 0 Å². The Hall–Kier alpha value is -3.08. The molecule has 1 heterocycles. The fourth-order valence-electron chi connectivity index (χ4n) is 3.77. The molecule has 31 heavy (non-hydrogen) atoms. The fraction of sp³-hybridized carbons (Fsp3) is 0.120. The minimum Gasteiger partial charge on any atom is -0.337 e. The van der Waals surface area contributed by atoms with Gasteiger partial charge in [0, 0.05) is 33.4 Å². The van der Waals surface area contributed by atoms with Crippen LogP contribution < -0.4 is 10.2 Å². The number of hydrogen-bond acceptors (Lipinski definition) is 2. The number of hydrogen-bond donors (Lipinski definition) is 1. The zero-order valence-corrected chi connectivity index (χ0v) is 18.3. The topological polar surface area (TPSA) is 49.4 Å². The van der Waals surface area contributed by atoms with Crippen LogP contribution in [0.2, 0.25) is 10.0 Å². The summed E-state index contributed by atoms with van der Waals surface area (Å²) in [5.74, 6) is -0.936. The highest BCUT2D eigenvalue weighted by atomic mass is 35.5. The van der Waals surface area contributed by atoms with Gasteiger partial charge in [-0.3, -0.25) is 14.5 Å². The average Bonchev–Trinajstić information content (AvgIpc) is 2.77. The van der Waals surface area contributed by atoms with E-state index in [-0.39, 0.29) is 17.7 Å². The van der Waals surface area contributed by atoms with E-state index in [1.54, 1.807) is 61.7 Å². The van der Waals surface area contributed by atoms with Crippen LogP contribution >= 0.6 is 23.2 Å². The van der Waals surface area contributed by atoms with Crippen molar-refractivity contribution in [2.45, 2.75) is 18.4 Å². The fourth-order valence-corrected chi connectivity index (χ4v) is 4.02. The summed E-state index contributed by atoms with van der Waals surface area (Å²) in [5.41, 5.74) is 0.815. The normalized spacial score (nSPS) is 20.5. The minimum atomic E-state index is -1.22. The molecule has 0 saturated carbocycles. The van der Waals surface area contributed by atoms with E-state index in [1.165, 1.54) is 4.90 Å². The van der Waals surface area contributed by atoms with Crippen LogP contribution in [0.15, 0.2) is 91.1 Å². The first-order chi connectivity index (χ1) is 14.9. The number of amides is 2. The lowest BCUT2D eigenvalue weighted by molar-refractivity contribution is -0.124. The van der Waals surface area contributed by atoms with Gasteiger partial charge >= 0.3 is 0 Å². The second kappa shape index (κ2) is 8.58. The summed E-state index contributed by atoms with van der Waals surface area (Å²) in [4.78, 5) is 28.4. The zero-order valence-electron chi connectivity index (χ0n) is 16.8. The maximum absolute atomic E-state index is 13.7. The van der Waals surface area contributed by atoms with Gasteiger partial charge in [0.2, 0.25) is 0 Å². The molecule has 1 aliphatic rings. The molecule has 156 valence electrons. The molecular formula is C25H20Cl2N2O2. The molecule has 0 bridgehead atoms. The molecule has 0 radical (unpaired) electrons. The number of benzene rings is 3. The van der Waals surface area contributed by atoms with E-state index < -0.39 is 5.54 Å². The highest BCUT2D eigenvalue weighted by Gasteiger charge is 2.47. The van der Waals surface area contributed by atoms with Crippen molar-refractivity contribution >= 4 is 40.7 Å². The molecule has 0 aromatic heterocycles. The zero-order chi connectivity index (χ0) is 22.0. The third-order valence-corrected chi connectivity index (χ3v) is 5.96. The molecule has 4 rings (SSSR count). The van der Waals surface area contributed by atoms with Gasteiger partial charge < -0.3 is 5.32 Å². The van der Waals surface area contributed by atoms with Crippen LogP contribution in [0, 0.1) is 0 Å². The van der Waals surface area contributed by atoms with Crippen LogP contribution in [-0.2, 0) is 4.79 Å². The van der Waals surface area contributed by atoms with Crippen LogP contribution in [0.5, 0.6) is 0 Å². The Morgan fingerprint density at radius 3 is 2.10 bits per heavy atom. The summed E-state index contributed by atoms with van der Waals surface area (Å²) in [7, 11) is 0.